The van der Waals surface area contributed by atoms with E-state index in [0.717, 1.165) is 17.7 Å². The third-order valence-electron chi connectivity index (χ3n) is 3.67. The molecular weight excluding hydrogens is 336 g/mol. The maximum Gasteiger partial charge on any atom is 0.270 e. The Morgan fingerprint density at radius 2 is 2.09 bits per heavy atom. The number of nitrogens with zero attached hydrogens (tertiary/aromatic N) is 1. The van der Waals surface area contributed by atoms with E-state index in [0.29, 0.717) is 0 Å². The molecule has 1 N–H and O–H groups in total. The summed E-state index contributed by atoms with van der Waals surface area (Å²) in [4.78, 5) is 23.8. The summed E-state index contributed by atoms with van der Waals surface area (Å²) in [6.07, 6.45) is 0.831. The Morgan fingerprint density at radius 1 is 1.30 bits per heavy atom. The van der Waals surface area contributed by atoms with Gasteiger partial charge in [0.25, 0.3) is 11.6 Å². The third-order valence-corrected chi connectivity index (χ3v) is 5.11. The van der Waals surface area contributed by atoms with E-state index in [1.165, 1.54) is 23.1 Å². The van der Waals surface area contributed by atoms with Gasteiger partial charge >= 0.3 is 0 Å². The van der Waals surface area contributed by atoms with Crippen LogP contribution in [0.2, 0.25) is 5.02 Å². The van der Waals surface area contributed by atoms with Crippen LogP contribution in [0.25, 0.3) is 0 Å². The maximum absolute atomic E-state index is 12.5. The largest absolute Gasteiger partial charge is 0.345 e. The predicted octanol–water partition coefficient (Wildman–Crippen LogP) is 4.22. The van der Waals surface area contributed by atoms with Crippen molar-refractivity contribution in [3.63, 3.8) is 0 Å². The highest BCUT2D eigenvalue weighted by molar-refractivity contribution is 7.99. The van der Waals surface area contributed by atoms with Gasteiger partial charge in [0.05, 0.1) is 21.6 Å². The van der Waals surface area contributed by atoms with Crippen LogP contribution in [-0.4, -0.2) is 16.6 Å². The van der Waals surface area contributed by atoms with E-state index >= 15 is 0 Å². The lowest BCUT2D eigenvalue weighted by atomic mass is 10.0. The summed E-state index contributed by atoms with van der Waals surface area (Å²) in [5, 5.41) is 13.8. The Bertz CT molecular complexity index is 782. The summed E-state index contributed by atoms with van der Waals surface area (Å²) >= 11 is 7.79. The van der Waals surface area contributed by atoms with Crippen molar-refractivity contribution in [1.82, 2.24) is 5.32 Å². The molecule has 5 nitrogen and oxygen atoms in total. The van der Waals surface area contributed by atoms with Crippen LogP contribution in [0.3, 0.4) is 0 Å². The van der Waals surface area contributed by atoms with Gasteiger partial charge < -0.3 is 5.32 Å². The molecule has 2 aromatic carbocycles. The van der Waals surface area contributed by atoms with Gasteiger partial charge in [0.2, 0.25) is 0 Å². The van der Waals surface area contributed by atoms with Crippen LogP contribution in [0.4, 0.5) is 5.69 Å². The van der Waals surface area contributed by atoms with Crippen molar-refractivity contribution in [3.05, 3.63) is 68.7 Å². The average molecular weight is 349 g/mol. The van der Waals surface area contributed by atoms with Gasteiger partial charge in [-0.2, -0.15) is 0 Å². The van der Waals surface area contributed by atoms with Crippen LogP contribution >= 0.6 is 23.4 Å². The van der Waals surface area contributed by atoms with Gasteiger partial charge in [-0.1, -0.05) is 29.8 Å². The van der Waals surface area contributed by atoms with E-state index in [1.807, 2.05) is 24.3 Å². The molecule has 1 aliphatic rings. The first-order valence-electron chi connectivity index (χ1n) is 7.03. The van der Waals surface area contributed by atoms with Crippen molar-refractivity contribution in [1.29, 1.82) is 0 Å². The fraction of sp³-hybridized carbons (Fsp3) is 0.188. The number of fused-ring (bicyclic) bond motifs is 1. The Labute approximate surface area is 142 Å². The molecule has 7 heteroatoms. The van der Waals surface area contributed by atoms with Crippen LogP contribution in [0.1, 0.15) is 28.4 Å². The van der Waals surface area contributed by atoms with Crippen molar-refractivity contribution in [2.24, 2.45) is 0 Å². The number of halogens is 1. The molecule has 0 saturated carbocycles. The van der Waals surface area contributed by atoms with Gasteiger partial charge in [0, 0.05) is 22.8 Å². The summed E-state index contributed by atoms with van der Waals surface area (Å²) in [6, 6.07) is 11.8. The van der Waals surface area contributed by atoms with Crippen molar-refractivity contribution in [3.8, 4) is 0 Å². The molecule has 0 bridgehead atoms. The number of thioether (sulfide) groups is 1. The Kier molecular flexibility index (Phi) is 4.54. The van der Waals surface area contributed by atoms with Crippen molar-refractivity contribution in [2.75, 3.05) is 5.75 Å². The molecule has 2 aromatic rings. The Morgan fingerprint density at radius 3 is 2.83 bits per heavy atom. The SMILES string of the molecule is O=C(NC1CCSc2ccccc21)c1ccc([N+](=O)[O-])cc1Cl. The monoisotopic (exact) mass is 348 g/mol. The minimum absolute atomic E-state index is 0.0776. The normalized spacial score (nSPS) is 16.5. The van der Waals surface area contributed by atoms with Crippen LogP contribution in [0.5, 0.6) is 0 Å². The molecule has 0 saturated heterocycles. The number of amides is 1. The zero-order valence-corrected chi connectivity index (χ0v) is 13.6. The number of non-ortho nitro benzene ring substituents is 1. The molecule has 1 atom stereocenters. The number of nitro groups is 1. The molecule has 0 aliphatic carbocycles. The molecule has 1 amide bonds. The molecule has 1 unspecified atom stereocenters. The topological polar surface area (TPSA) is 72.2 Å². The highest BCUT2D eigenvalue weighted by Gasteiger charge is 2.23. The number of hydrogen-bond donors (Lipinski definition) is 1. The lowest BCUT2D eigenvalue weighted by Crippen LogP contribution is -2.30. The second-order valence-corrected chi connectivity index (χ2v) is 6.67. The molecule has 1 heterocycles. The quantitative estimate of drug-likeness (QED) is 0.666. The Hall–Kier alpha value is -2.05. The van der Waals surface area contributed by atoms with E-state index in [-0.39, 0.29) is 28.2 Å². The van der Waals surface area contributed by atoms with Gasteiger partial charge in [-0.3, -0.25) is 14.9 Å². The van der Waals surface area contributed by atoms with Gasteiger partial charge in [-0.05, 0) is 24.1 Å². The molecule has 0 radical (unpaired) electrons. The standard InChI is InChI=1S/C16H13ClN2O3S/c17-13-9-10(19(21)22)5-6-11(13)16(20)18-14-7-8-23-15-4-2-1-3-12(14)15/h1-6,9,14H,7-8H2,(H,18,20). The molecule has 3 rings (SSSR count). The minimum Gasteiger partial charge on any atom is -0.345 e. The zero-order chi connectivity index (χ0) is 16.4. The van der Waals surface area contributed by atoms with Crippen LogP contribution in [0.15, 0.2) is 47.4 Å². The number of carbonyl (C=O) groups is 1. The summed E-state index contributed by atoms with van der Waals surface area (Å²) in [7, 11) is 0. The van der Waals surface area contributed by atoms with Crippen molar-refractivity contribution < 1.29 is 9.72 Å². The lowest BCUT2D eigenvalue weighted by Gasteiger charge is -2.26. The van der Waals surface area contributed by atoms with Crippen LogP contribution in [-0.2, 0) is 0 Å². The van der Waals surface area contributed by atoms with Crippen LogP contribution < -0.4 is 5.32 Å². The fourth-order valence-corrected chi connectivity index (χ4v) is 3.92. The highest BCUT2D eigenvalue weighted by Crippen LogP contribution is 2.36. The second kappa shape index (κ2) is 6.60. The van der Waals surface area contributed by atoms with Crippen molar-refractivity contribution in [2.45, 2.75) is 17.4 Å². The lowest BCUT2D eigenvalue weighted by molar-refractivity contribution is -0.384. The number of nitro benzene ring substituents is 1. The molecule has 118 valence electrons. The van der Waals surface area contributed by atoms with E-state index in [9.17, 15) is 14.9 Å². The predicted molar refractivity (Wildman–Crippen MR) is 90.1 cm³/mol. The van der Waals surface area contributed by atoms with E-state index in [2.05, 4.69) is 5.32 Å². The summed E-state index contributed by atoms with van der Waals surface area (Å²) in [5.74, 6) is 0.604. The highest BCUT2D eigenvalue weighted by atomic mass is 35.5. The molecule has 0 fully saturated rings. The molecule has 23 heavy (non-hydrogen) atoms. The van der Waals surface area contributed by atoms with E-state index in [1.54, 1.807) is 11.8 Å². The third kappa shape index (κ3) is 3.33. The van der Waals surface area contributed by atoms with Gasteiger partial charge in [0.15, 0.2) is 0 Å². The van der Waals surface area contributed by atoms with E-state index in [4.69, 9.17) is 11.6 Å². The molecular formula is C16H13ClN2O3S. The van der Waals surface area contributed by atoms with Gasteiger partial charge in [-0.15, -0.1) is 11.8 Å². The van der Waals surface area contributed by atoms with E-state index < -0.39 is 4.92 Å². The molecule has 1 aliphatic heterocycles. The number of carbonyl (C=O) groups excluding carboxylic acids is 1. The average Bonchev–Trinajstić information content (AvgIpc) is 2.55. The van der Waals surface area contributed by atoms with Gasteiger partial charge in [0.1, 0.15) is 0 Å². The number of hydrogen-bond acceptors (Lipinski definition) is 4. The smallest absolute Gasteiger partial charge is 0.270 e. The van der Waals surface area contributed by atoms with Crippen molar-refractivity contribution >= 4 is 35.0 Å². The van der Waals surface area contributed by atoms with Crippen LogP contribution in [0, 0.1) is 10.1 Å². The summed E-state index contributed by atoms with van der Waals surface area (Å²) < 4.78 is 0. The number of benzene rings is 2. The minimum atomic E-state index is -0.540. The summed E-state index contributed by atoms with van der Waals surface area (Å²) in [6.45, 7) is 0. The Balaban J connectivity index is 1.82. The first-order valence-corrected chi connectivity index (χ1v) is 8.39. The number of nitrogens with one attached hydrogen (secondary N) is 1. The first-order chi connectivity index (χ1) is 11.1. The molecule has 0 spiro atoms. The second-order valence-electron chi connectivity index (χ2n) is 5.12. The fourth-order valence-electron chi connectivity index (χ4n) is 2.53. The number of rotatable bonds is 3. The zero-order valence-electron chi connectivity index (χ0n) is 12.0. The summed E-state index contributed by atoms with van der Waals surface area (Å²) in [5.41, 5.74) is 1.20. The maximum atomic E-state index is 12.5. The first kappa shape index (κ1) is 15.8. The molecule has 0 aromatic heterocycles. The van der Waals surface area contributed by atoms with Gasteiger partial charge in [-0.25, -0.2) is 0 Å².